The van der Waals surface area contributed by atoms with Crippen LogP contribution in [0.3, 0.4) is 0 Å². The average molecular weight is 414 g/mol. The molecule has 1 aliphatic heterocycles. The van der Waals surface area contributed by atoms with E-state index in [1.807, 2.05) is 23.5 Å². The van der Waals surface area contributed by atoms with Gasteiger partial charge < -0.3 is 15.4 Å². The van der Waals surface area contributed by atoms with Gasteiger partial charge >= 0.3 is 18.0 Å². The monoisotopic (exact) mass is 414 g/mol. The minimum absolute atomic E-state index is 0.0808. The molecule has 158 valence electrons. The Labute approximate surface area is 172 Å². The van der Waals surface area contributed by atoms with E-state index in [2.05, 4.69) is 10.6 Å². The van der Waals surface area contributed by atoms with Gasteiger partial charge in [-0.25, -0.2) is 9.59 Å². The lowest BCUT2D eigenvalue weighted by atomic mass is 9.76. The van der Waals surface area contributed by atoms with Gasteiger partial charge in [-0.2, -0.15) is 0 Å². The van der Waals surface area contributed by atoms with E-state index in [0.29, 0.717) is 6.42 Å². The third kappa shape index (κ3) is 3.85. The third-order valence-electron chi connectivity index (χ3n) is 5.47. The predicted octanol–water partition coefficient (Wildman–Crippen LogP) is 0.301. The molecule has 1 saturated carbocycles. The SMILES string of the molecule is O=C(COC(=O)CN1C(=O)N[C@]2(CCCc3ccccc32)C1=O)NC(=O)NC1CC1. The molecule has 3 N–H and O–H groups in total. The molecule has 0 aromatic heterocycles. The van der Waals surface area contributed by atoms with Crippen molar-refractivity contribution in [3.63, 3.8) is 0 Å². The van der Waals surface area contributed by atoms with Crippen LogP contribution >= 0.6 is 0 Å². The Morgan fingerprint density at radius 1 is 1.20 bits per heavy atom. The Balaban J connectivity index is 1.34. The zero-order valence-electron chi connectivity index (χ0n) is 16.2. The number of nitrogens with one attached hydrogen (secondary N) is 3. The summed E-state index contributed by atoms with van der Waals surface area (Å²) in [6.45, 7) is -1.30. The van der Waals surface area contributed by atoms with Gasteiger partial charge in [-0.3, -0.25) is 24.6 Å². The molecule has 1 atom stereocenters. The van der Waals surface area contributed by atoms with E-state index in [4.69, 9.17) is 4.74 Å². The van der Waals surface area contributed by atoms with Crippen LogP contribution in [0.4, 0.5) is 9.59 Å². The first-order valence-electron chi connectivity index (χ1n) is 9.87. The van der Waals surface area contributed by atoms with Crippen molar-refractivity contribution in [2.24, 2.45) is 0 Å². The second-order valence-corrected chi connectivity index (χ2v) is 7.69. The fraction of sp³-hybridized carbons (Fsp3) is 0.450. The summed E-state index contributed by atoms with van der Waals surface area (Å²) in [5.74, 6) is -2.22. The van der Waals surface area contributed by atoms with Crippen LogP contribution in [0.15, 0.2) is 24.3 Å². The first-order chi connectivity index (χ1) is 14.4. The first kappa shape index (κ1) is 19.9. The Hall–Kier alpha value is -3.43. The zero-order valence-corrected chi connectivity index (χ0v) is 16.2. The Kier molecular flexibility index (Phi) is 5.15. The molecular weight excluding hydrogens is 392 g/mol. The van der Waals surface area contributed by atoms with Crippen LogP contribution in [-0.2, 0) is 31.1 Å². The Morgan fingerprint density at radius 3 is 2.73 bits per heavy atom. The van der Waals surface area contributed by atoms with Crippen molar-refractivity contribution in [3.8, 4) is 0 Å². The van der Waals surface area contributed by atoms with Crippen molar-refractivity contribution in [2.75, 3.05) is 13.2 Å². The lowest BCUT2D eigenvalue weighted by Crippen LogP contribution is -2.47. The third-order valence-corrected chi connectivity index (χ3v) is 5.47. The number of esters is 1. The number of aryl methyl sites for hydroxylation is 1. The van der Waals surface area contributed by atoms with Crippen molar-refractivity contribution in [2.45, 2.75) is 43.7 Å². The summed E-state index contributed by atoms with van der Waals surface area (Å²) >= 11 is 0. The van der Waals surface area contributed by atoms with Gasteiger partial charge in [0.1, 0.15) is 12.1 Å². The van der Waals surface area contributed by atoms with E-state index in [-0.39, 0.29) is 6.04 Å². The van der Waals surface area contributed by atoms with Gasteiger partial charge in [0.25, 0.3) is 11.8 Å². The lowest BCUT2D eigenvalue weighted by Gasteiger charge is -2.33. The minimum atomic E-state index is -1.18. The summed E-state index contributed by atoms with van der Waals surface area (Å²) in [6.07, 6.45) is 3.72. The smallest absolute Gasteiger partial charge is 0.326 e. The molecule has 6 amide bonds. The fourth-order valence-electron chi connectivity index (χ4n) is 3.89. The number of imide groups is 2. The quantitative estimate of drug-likeness (QED) is 0.469. The minimum Gasteiger partial charge on any atom is -0.454 e. The maximum Gasteiger partial charge on any atom is 0.326 e. The molecule has 1 spiro atoms. The second kappa shape index (κ2) is 7.77. The number of carbonyl (C=O) groups is 5. The topological polar surface area (TPSA) is 134 Å². The van der Waals surface area contributed by atoms with Crippen molar-refractivity contribution in [1.29, 1.82) is 0 Å². The molecule has 4 rings (SSSR count). The summed E-state index contributed by atoms with van der Waals surface area (Å²) in [7, 11) is 0. The van der Waals surface area contributed by atoms with Crippen LogP contribution in [0.1, 0.15) is 36.8 Å². The molecule has 2 aliphatic carbocycles. The molecule has 1 saturated heterocycles. The van der Waals surface area contributed by atoms with Gasteiger partial charge in [-0.15, -0.1) is 0 Å². The molecule has 1 aromatic rings. The van der Waals surface area contributed by atoms with Gasteiger partial charge in [0, 0.05) is 6.04 Å². The summed E-state index contributed by atoms with van der Waals surface area (Å²) in [5, 5.41) is 7.36. The normalized spacial score (nSPS) is 22.3. The molecule has 0 radical (unpaired) electrons. The number of fused-ring (bicyclic) bond motifs is 2. The Bertz CT molecular complexity index is 928. The van der Waals surface area contributed by atoms with Gasteiger partial charge in [-0.05, 0) is 43.2 Å². The van der Waals surface area contributed by atoms with E-state index < -0.39 is 48.5 Å². The molecule has 3 aliphatic rings. The number of carbonyl (C=O) groups excluding carboxylic acids is 5. The highest BCUT2D eigenvalue weighted by Crippen LogP contribution is 2.39. The number of hydrogen-bond donors (Lipinski definition) is 3. The van der Waals surface area contributed by atoms with Crippen LogP contribution in [0, 0.1) is 0 Å². The standard InChI is InChI=1S/C20H22N4O6/c25-15(22-18(28)21-13-7-8-13)11-30-16(26)10-24-17(27)20(23-19(24)29)9-3-5-12-4-1-2-6-14(12)20/h1-2,4,6,13H,3,5,7-11H2,(H,23,29)(H2,21,22,25,28)/t20-/m0/s1. The summed E-state index contributed by atoms with van der Waals surface area (Å²) in [5.41, 5.74) is 0.555. The van der Waals surface area contributed by atoms with Crippen LogP contribution < -0.4 is 16.0 Å². The fourth-order valence-corrected chi connectivity index (χ4v) is 3.89. The predicted molar refractivity (Wildman–Crippen MR) is 102 cm³/mol. The number of nitrogens with zero attached hydrogens (tertiary/aromatic N) is 1. The number of ether oxygens (including phenoxy) is 1. The highest BCUT2D eigenvalue weighted by Gasteiger charge is 2.54. The molecule has 2 fully saturated rings. The molecule has 0 bridgehead atoms. The molecular formula is C20H22N4O6. The van der Waals surface area contributed by atoms with Gasteiger partial charge in [0.15, 0.2) is 6.61 Å². The van der Waals surface area contributed by atoms with Crippen LogP contribution in [0.2, 0.25) is 0 Å². The summed E-state index contributed by atoms with van der Waals surface area (Å²) in [4.78, 5) is 61.6. The number of amides is 6. The van der Waals surface area contributed by atoms with E-state index in [0.717, 1.165) is 41.7 Å². The molecule has 0 unspecified atom stereocenters. The number of urea groups is 2. The van der Waals surface area contributed by atoms with Crippen molar-refractivity contribution in [3.05, 3.63) is 35.4 Å². The van der Waals surface area contributed by atoms with Crippen LogP contribution in [-0.4, -0.2) is 53.9 Å². The molecule has 1 aromatic carbocycles. The maximum atomic E-state index is 13.1. The maximum absolute atomic E-state index is 13.1. The Morgan fingerprint density at radius 2 is 1.97 bits per heavy atom. The molecule has 1 heterocycles. The summed E-state index contributed by atoms with van der Waals surface area (Å²) in [6, 6.07) is 6.17. The molecule has 10 heteroatoms. The van der Waals surface area contributed by atoms with Gasteiger partial charge in [-0.1, -0.05) is 24.3 Å². The number of rotatable bonds is 5. The number of benzene rings is 1. The van der Waals surface area contributed by atoms with Crippen molar-refractivity contribution >= 4 is 29.8 Å². The number of hydrogen-bond acceptors (Lipinski definition) is 6. The highest BCUT2D eigenvalue weighted by molar-refractivity contribution is 6.09. The zero-order chi connectivity index (χ0) is 21.3. The van der Waals surface area contributed by atoms with E-state index >= 15 is 0 Å². The van der Waals surface area contributed by atoms with E-state index in [1.165, 1.54) is 0 Å². The van der Waals surface area contributed by atoms with Crippen molar-refractivity contribution < 1.29 is 28.7 Å². The second-order valence-electron chi connectivity index (χ2n) is 7.69. The lowest BCUT2D eigenvalue weighted by molar-refractivity contribution is -0.151. The van der Waals surface area contributed by atoms with Gasteiger partial charge in [0.2, 0.25) is 0 Å². The van der Waals surface area contributed by atoms with Crippen molar-refractivity contribution in [1.82, 2.24) is 20.9 Å². The van der Waals surface area contributed by atoms with E-state index in [9.17, 15) is 24.0 Å². The van der Waals surface area contributed by atoms with Gasteiger partial charge in [0.05, 0.1) is 0 Å². The average Bonchev–Trinajstić information content (AvgIpc) is 3.50. The molecule has 10 nitrogen and oxygen atoms in total. The van der Waals surface area contributed by atoms with E-state index in [1.54, 1.807) is 6.07 Å². The first-order valence-corrected chi connectivity index (χ1v) is 9.87. The highest BCUT2D eigenvalue weighted by atomic mass is 16.5. The molecule has 30 heavy (non-hydrogen) atoms. The van der Waals surface area contributed by atoms with Crippen LogP contribution in [0.25, 0.3) is 0 Å². The van der Waals surface area contributed by atoms with Crippen LogP contribution in [0.5, 0.6) is 0 Å². The summed E-state index contributed by atoms with van der Waals surface area (Å²) < 4.78 is 4.82. The largest absolute Gasteiger partial charge is 0.454 e.